The third-order valence-electron chi connectivity index (χ3n) is 5.73. The maximum absolute atomic E-state index is 13.8. The number of carbonyl (C=O) groups is 2. The van der Waals surface area contributed by atoms with Gasteiger partial charge in [-0.25, -0.2) is 8.78 Å². The highest BCUT2D eigenvalue weighted by Crippen LogP contribution is 2.26. The molecule has 0 aliphatic carbocycles. The highest BCUT2D eigenvalue weighted by atomic mass is 79.9. The molecule has 49 heavy (non-hydrogen) atoms. The van der Waals surface area contributed by atoms with Crippen molar-refractivity contribution in [2.45, 2.75) is 25.2 Å². The summed E-state index contributed by atoms with van der Waals surface area (Å²) >= 11 is 3.10. The number of nitrogens with one attached hydrogen (secondary N) is 1. The van der Waals surface area contributed by atoms with E-state index < -0.39 is 81.0 Å². The molecule has 0 fully saturated rings. The minimum atomic E-state index is -4.42. The number of amides is 2. The quantitative estimate of drug-likeness (QED) is 0.109. The van der Waals surface area contributed by atoms with Gasteiger partial charge in [-0.1, -0.05) is 52.3 Å². The van der Waals surface area contributed by atoms with E-state index in [0.717, 1.165) is 42.5 Å². The van der Waals surface area contributed by atoms with Gasteiger partial charge in [0.05, 0.1) is 22.7 Å². The molecule has 4 rings (SSSR count). The zero-order valence-electron chi connectivity index (χ0n) is 24.3. The molecule has 4 aromatic carbocycles. The van der Waals surface area contributed by atoms with Crippen LogP contribution in [0.2, 0.25) is 0 Å². The number of hydrogen-bond donors (Lipinski definition) is 2. The minimum absolute atomic E-state index is 0.0284. The molecule has 2 amide bonds. The van der Waals surface area contributed by atoms with E-state index in [1.165, 1.54) is 30.3 Å². The number of halogens is 9. The third-order valence-corrected chi connectivity index (χ3v) is 6.23. The van der Waals surface area contributed by atoms with E-state index in [1.807, 2.05) is 0 Å². The third kappa shape index (κ3) is 13.3. The number of rotatable bonds is 7. The summed E-state index contributed by atoms with van der Waals surface area (Å²) in [6.45, 7) is 0. The lowest BCUT2D eigenvalue weighted by molar-refractivity contribution is -0.385. The monoisotopic (exact) mass is 764 g/mol. The van der Waals surface area contributed by atoms with Crippen LogP contribution in [0.4, 0.5) is 52.2 Å². The number of benzene rings is 4. The Bertz CT molecular complexity index is 1840. The number of primary amides is 1. The van der Waals surface area contributed by atoms with Crippen LogP contribution in [-0.2, 0) is 12.8 Å². The summed E-state index contributed by atoms with van der Waals surface area (Å²) in [4.78, 5) is 42.1. The molecule has 0 aromatic heterocycles. The summed E-state index contributed by atoms with van der Waals surface area (Å²) in [7, 11) is 0. The molecule has 3 N–H and O–H groups in total. The summed E-state index contributed by atoms with van der Waals surface area (Å²) in [5.74, 6) is -4.36. The van der Waals surface area contributed by atoms with Crippen LogP contribution in [0.5, 0.6) is 0 Å². The first-order valence-electron chi connectivity index (χ1n) is 13.1. The van der Waals surface area contributed by atoms with E-state index in [9.17, 15) is 64.9 Å². The van der Waals surface area contributed by atoms with Gasteiger partial charge >= 0.3 is 12.4 Å². The van der Waals surface area contributed by atoms with Gasteiger partial charge in [0.1, 0.15) is 11.6 Å². The normalized spacial score (nSPS) is 10.9. The second kappa shape index (κ2) is 17.1. The first kappa shape index (κ1) is 39.7. The Morgan fingerprint density at radius 3 is 1.55 bits per heavy atom. The van der Waals surface area contributed by atoms with Crippen molar-refractivity contribution in [1.29, 1.82) is 0 Å². The predicted molar refractivity (Wildman–Crippen MR) is 163 cm³/mol. The Hall–Kier alpha value is -5.46. The van der Waals surface area contributed by atoms with Gasteiger partial charge < -0.3 is 11.1 Å². The van der Waals surface area contributed by atoms with Crippen LogP contribution in [0.1, 0.15) is 31.8 Å². The molecule has 260 valence electrons. The van der Waals surface area contributed by atoms with Crippen molar-refractivity contribution in [3.8, 4) is 0 Å². The Kier molecular flexibility index (Phi) is 13.9. The smallest absolute Gasteiger partial charge is 0.365 e. The van der Waals surface area contributed by atoms with Gasteiger partial charge in [-0.05, 0) is 47.5 Å². The standard InChI is InChI=1S/C15H10F4N2O3.C8H6BrF3.C7H5FN2O3/c16-11-5-2-6-12(21(23)24)13(11)14(22)20-10-4-1-3-9(7-10)8-15(17,18)19;9-7-3-1-2-6(4-7)5-8(10,11)12;8-4-2-1-3-5(10(12)13)6(4)7(9)11/h1-7H,8H2,(H,20,22);1-4H,5H2;1-3H,(H2,9,11). The molecular weight excluding hydrogens is 744 g/mol. The molecule has 10 nitrogen and oxygen atoms in total. The topological polar surface area (TPSA) is 158 Å². The number of nitrogens with two attached hydrogens (primary N) is 1. The molecule has 4 aromatic rings. The van der Waals surface area contributed by atoms with Crippen LogP contribution in [0.3, 0.4) is 0 Å². The zero-order chi connectivity index (χ0) is 37.1. The summed E-state index contributed by atoms with van der Waals surface area (Å²) in [5.41, 5.74) is 2.08. The van der Waals surface area contributed by atoms with Crippen LogP contribution >= 0.6 is 15.9 Å². The van der Waals surface area contributed by atoms with Crippen molar-refractivity contribution in [3.05, 3.63) is 144 Å². The average Bonchev–Trinajstić information content (AvgIpc) is 2.95. The van der Waals surface area contributed by atoms with Crippen LogP contribution in [0.15, 0.2) is 89.4 Å². The summed E-state index contributed by atoms with van der Waals surface area (Å²) in [6, 6.07) is 17.1. The Labute approximate surface area is 279 Å². The molecule has 0 bridgehead atoms. The van der Waals surface area contributed by atoms with Crippen molar-refractivity contribution in [1.82, 2.24) is 0 Å². The SMILES string of the molecule is FC(F)(F)Cc1cccc(Br)c1.NC(=O)c1c(F)cccc1[N+](=O)[O-].O=C(Nc1cccc(CC(F)(F)F)c1)c1c(F)cccc1[N+](=O)[O-]. The fraction of sp³-hybridized carbons (Fsp3) is 0.133. The molecule has 0 saturated carbocycles. The van der Waals surface area contributed by atoms with E-state index in [0.29, 0.717) is 4.47 Å². The van der Waals surface area contributed by atoms with E-state index in [2.05, 4.69) is 21.2 Å². The average molecular weight is 765 g/mol. The van der Waals surface area contributed by atoms with E-state index in [4.69, 9.17) is 5.73 Å². The van der Waals surface area contributed by atoms with Crippen LogP contribution in [0.25, 0.3) is 0 Å². The maximum Gasteiger partial charge on any atom is 0.393 e. The van der Waals surface area contributed by atoms with Crippen molar-refractivity contribution in [2.24, 2.45) is 5.73 Å². The lowest BCUT2D eigenvalue weighted by Gasteiger charge is -2.10. The fourth-order valence-corrected chi connectivity index (χ4v) is 4.31. The van der Waals surface area contributed by atoms with Gasteiger partial charge in [-0.15, -0.1) is 0 Å². The van der Waals surface area contributed by atoms with Gasteiger partial charge in [0.2, 0.25) is 0 Å². The van der Waals surface area contributed by atoms with Gasteiger partial charge in [0.25, 0.3) is 23.2 Å². The Morgan fingerprint density at radius 2 is 1.12 bits per heavy atom. The van der Waals surface area contributed by atoms with Crippen LogP contribution in [-0.4, -0.2) is 34.0 Å². The summed E-state index contributed by atoms with van der Waals surface area (Å²) < 4.78 is 100. The van der Waals surface area contributed by atoms with Crippen molar-refractivity contribution in [3.63, 3.8) is 0 Å². The number of alkyl halides is 6. The molecule has 0 aliphatic rings. The number of nitrogens with zero attached hydrogens (tertiary/aromatic N) is 2. The lowest BCUT2D eigenvalue weighted by Crippen LogP contribution is -2.16. The highest BCUT2D eigenvalue weighted by molar-refractivity contribution is 9.10. The number of anilines is 1. The first-order valence-corrected chi connectivity index (χ1v) is 13.9. The molecule has 0 heterocycles. The molecule has 0 unspecified atom stereocenters. The maximum atomic E-state index is 13.8. The van der Waals surface area contributed by atoms with Crippen molar-refractivity contribution in [2.75, 3.05) is 5.32 Å². The van der Waals surface area contributed by atoms with E-state index in [-0.39, 0.29) is 16.8 Å². The van der Waals surface area contributed by atoms with Crippen LogP contribution in [0, 0.1) is 31.9 Å². The predicted octanol–water partition coefficient (Wildman–Crippen LogP) is 8.48. The molecule has 0 radical (unpaired) electrons. The van der Waals surface area contributed by atoms with Gasteiger partial charge in [0.15, 0.2) is 11.1 Å². The summed E-state index contributed by atoms with van der Waals surface area (Å²) in [5, 5.41) is 23.4. The molecule has 0 atom stereocenters. The van der Waals surface area contributed by atoms with Crippen LogP contribution < -0.4 is 11.1 Å². The number of carbonyl (C=O) groups excluding carboxylic acids is 2. The van der Waals surface area contributed by atoms with Gasteiger partial charge in [-0.2, -0.15) is 26.3 Å². The Balaban J connectivity index is 0.000000281. The number of nitro benzene ring substituents is 2. The molecule has 0 aliphatic heterocycles. The van der Waals surface area contributed by atoms with Gasteiger partial charge in [-0.3, -0.25) is 29.8 Å². The second-order valence-corrected chi connectivity index (χ2v) is 10.4. The molecule has 0 spiro atoms. The molecule has 19 heteroatoms. The van der Waals surface area contributed by atoms with E-state index >= 15 is 0 Å². The second-order valence-electron chi connectivity index (χ2n) is 9.51. The highest BCUT2D eigenvalue weighted by Gasteiger charge is 2.29. The van der Waals surface area contributed by atoms with Crippen molar-refractivity contribution >= 4 is 44.8 Å². The minimum Gasteiger partial charge on any atom is -0.365 e. The van der Waals surface area contributed by atoms with E-state index in [1.54, 1.807) is 12.1 Å². The number of hydrogen-bond acceptors (Lipinski definition) is 6. The summed E-state index contributed by atoms with van der Waals surface area (Å²) in [6.07, 6.45) is -10.6. The fourth-order valence-electron chi connectivity index (χ4n) is 3.86. The molecular formula is C30H21BrF8N4O6. The largest absolute Gasteiger partial charge is 0.393 e. The van der Waals surface area contributed by atoms with Gasteiger partial charge in [0, 0.05) is 22.3 Å². The van der Waals surface area contributed by atoms with Crippen molar-refractivity contribution < 1.29 is 54.6 Å². The first-order chi connectivity index (χ1) is 22.7. The zero-order valence-corrected chi connectivity index (χ0v) is 25.9. The molecule has 0 saturated heterocycles. The number of nitro groups is 2. The lowest BCUT2D eigenvalue weighted by atomic mass is 10.1. The Morgan fingerprint density at radius 1 is 0.694 bits per heavy atom.